The van der Waals surface area contributed by atoms with Crippen molar-refractivity contribution in [2.75, 3.05) is 7.11 Å². The van der Waals surface area contributed by atoms with Gasteiger partial charge in [0.2, 0.25) is 0 Å². The summed E-state index contributed by atoms with van der Waals surface area (Å²) in [5.41, 5.74) is 2.60. The zero-order valence-electron chi connectivity index (χ0n) is 9.13. The SMILES string of the molecule is C=C(C(=O)O)c1ccc(OC)c(C)c1C. The molecule has 0 aliphatic heterocycles. The summed E-state index contributed by atoms with van der Waals surface area (Å²) >= 11 is 0. The zero-order valence-corrected chi connectivity index (χ0v) is 9.13. The van der Waals surface area contributed by atoms with Crippen LogP contribution >= 0.6 is 0 Å². The molecule has 1 aromatic rings. The van der Waals surface area contributed by atoms with Gasteiger partial charge < -0.3 is 9.84 Å². The normalized spacial score (nSPS) is 9.80. The number of carbonyl (C=O) groups is 1. The minimum absolute atomic E-state index is 0.109. The molecule has 0 radical (unpaired) electrons. The van der Waals surface area contributed by atoms with Crippen molar-refractivity contribution in [3.8, 4) is 5.75 Å². The van der Waals surface area contributed by atoms with E-state index in [9.17, 15) is 4.79 Å². The average molecular weight is 206 g/mol. The van der Waals surface area contributed by atoms with Crippen molar-refractivity contribution in [3.63, 3.8) is 0 Å². The van der Waals surface area contributed by atoms with Gasteiger partial charge in [0.15, 0.2) is 0 Å². The lowest BCUT2D eigenvalue weighted by atomic mass is 9.97. The summed E-state index contributed by atoms with van der Waals surface area (Å²) in [5.74, 6) is -0.239. The van der Waals surface area contributed by atoms with Crippen LogP contribution in [-0.4, -0.2) is 18.2 Å². The van der Waals surface area contributed by atoms with Gasteiger partial charge in [0.05, 0.1) is 12.7 Å². The van der Waals surface area contributed by atoms with Crippen LogP contribution in [-0.2, 0) is 4.79 Å². The molecule has 0 atom stereocenters. The first-order valence-corrected chi connectivity index (χ1v) is 4.55. The Morgan fingerprint density at radius 3 is 2.40 bits per heavy atom. The van der Waals surface area contributed by atoms with Crippen LogP contribution in [0.3, 0.4) is 0 Å². The van der Waals surface area contributed by atoms with Crippen LogP contribution in [0.4, 0.5) is 0 Å². The van der Waals surface area contributed by atoms with Crippen molar-refractivity contribution in [1.29, 1.82) is 0 Å². The molecule has 1 aromatic carbocycles. The molecule has 0 unspecified atom stereocenters. The van der Waals surface area contributed by atoms with Crippen LogP contribution in [0.1, 0.15) is 16.7 Å². The van der Waals surface area contributed by atoms with E-state index < -0.39 is 5.97 Å². The summed E-state index contributed by atoms with van der Waals surface area (Å²) < 4.78 is 5.14. The largest absolute Gasteiger partial charge is 0.496 e. The maximum Gasteiger partial charge on any atom is 0.335 e. The van der Waals surface area contributed by atoms with Crippen LogP contribution in [0.2, 0.25) is 0 Å². The topological polar surface area (TPSA) is 46.5 Å². The Labute approximate surface area is 89.0 Å². The number of hydrogen-bond donors (Lipinski definition) is 1. The van der Waals surface area contributed by atoms with E-state index in [1.165, 1.54) is 0 Å². The standard InChI is InChI=1S/C12H14O3/c1-7-8(2)11(15-4)6-5-10(7)9(3)12(13)14/h5-6H,3H2,1-2,4H3,(H,13,14). The highest BCUT2D eigenvalue weighted by atomic mass is 16.5. The molecule has 1 rings (SSSR count). The second-order valence-electron chi connectivity index (χ2n) is 3.35. The number of hydrogen-bond acceptors (Lipinski definition) is 2. The molecular weight excluding hydrogens is 192 g/mol. The van der Waals surface area contributed by atoms with Gasteiger partial charge in [-0.25, -0.2) is 4.79 Å². The lowest BCUT2D eigenvalue weighted by Gasteiger charge is -2.12. The fourth-order valence-corrected chi connectivity index (χ4v) is 1.46. The Kier molecular flexibility index (Phi) is 3.14. The molecular formula is C12H14O3. The first kappa shape index (κ1) is 11.3. The second-order valence-corrected chi connectivity index (χ2v) is 3.35. The molecule has 0 spiro atoms. The number of carboxylic acid groups (broad SMARTS) is 1. The highest BCUT2D eigenvalue weighted by Crippen LogP contribution is 2.27. The predicted octanol–water partition coefficient (Wildman–Crippen LogP) is 2.41. The summed E-state index contributed by atoms with van der Waals surface area (Å²) in [6, 6.07) is 3.48. The van der Waals surface area contributed by atoms with Gasteiger partial charge in [-0.05, 0) is 36.6 Å². The van der Waals surface area contributed by atoms with Crippen molar-refractivity contribution in [3.05, 3.63) is 35.4 Å². The minimum Gasteiger partial charge on any atom is -0.496 e. The van der Waals surface area contributed by atoms with Gasteiger partial charge >= 0.3 is 5.97 Å². The highest BCUT2D eigenvalue weighted by Gasteiger charge is 2.13. The first-order valence-electron chi connectivity index (χ1n) is 4.55. The quantitative estimate of drug-likeness (QED) is 0.772. The van der Waals surface area contributed by atoms with E-state index in [-0.39, 0.29) is 5.57 Å². The van der Waals surface area contributed by atoms with E-state index in [4.69, 9.17) is 9.84 Å². The number of benzene rings is 1. The maximum absolute atomic E-state index is 10.8. The molecule has 0 saturated heterocycles. The number of aliphatic carboxylic acids is 1. The molecule has 0 aromatic heterocycles. The highest BCUT2D eigenvalue weighted by molar-refractivity contribution is 6.15. The number of carboxylic acids is 1. The molecule has 0 aliphatic carbocycles. The molecule has 15 heavy (non-hydrogen) atoms. The zero-order chi connectivity index (χ0) is 11.6. The molecule has 0 saturated carbocycles. The van der Waals surface area contributed by atoms with Crippen molar-refractivity contribution in [1.82, 2.24) is 0 Å². The lowest BCUT2D eigenvalue weighted by molar-refractivity contribution is -0.130. The van der Waals surface area contributed by atoms with Gasteiger partial charge in [-0.1, -0.05) is 12.6 Å². The van der Waals surface area contributed by atoms with Crippen molar-refractivity contribution in [2.45, 2.75) is 13.8 Å². The van der Waals surface area contributed by atoms with E-state index >= 15 is 0 Å². The van der Waals surface area contributed by atoms with Crippen molar-refractivity contribution >= 4 is 11.5 Å². The van der Waals surface area contributed by atoms with Crippen LogP contribution in [0.5, 0.6) is 5.75 Å². The Balaban J connectivity index is 3.29. The molecule has 0 heterocycles. The van der Waals surface area contributed by atoms with E-state index in [1.54, 1.807) is 19.2 Å². The van der Waals surface area contributed by atoms with Crippen LogP contribution < -0.4 is 4.74 Å². The van der Waals surface area contributed by atoms with Gasteiger partial charge in [0.1, 0.15) is 5.75 Å². The van der Waals surface area contributed by atoms with Gasteiger partial charge in [-0.3, -0.25) is 0 Å². The molecule has 0 bridgehead atoms. The Morgan fingerprint density at radius 1 is 1.33 bits per heavy atom. The van der Waals surface area contributed by atoms with Crippen molar-refractivity contribution < 1.29 is 14.6 Å². The summed E-state index contributed by atoms with van der Waals surface area (Å²) in [7, 11) is 1.59. The van der Waals surface area contributed by atoms with Gasteiger partial charge in [0, 0.05) is 0 Å². The predicted molar refractivity (Wildman–Crippen MR) is 59.1 cm³/mol. The molecule has 3 heteroatoms. The lowest BCUT2D eigenvalue weighted by Crippen LogP contribution is -2.02. The minimum atomic E-state index is -0.998. The Bertz CT molecular complexity index is 419. The summed E-state index contributed by atoms with van der Waals surface area (Å²) in [4.78, 5) is 10.8. The fourth-order valence-electron chi connectivity index (χ4n) is 1.46. The van der Waals surface area contributed by atoms with E-state index in [0.29, 0.717) is 5.56 Å². The summed E-state index contributed by atoms with van der Waals surface area (Å²) in [5, 5.41) is 8.85. The monoisotopic (exact) mass is 206 g/mol. The maximum atomic E-state index is 10.8. The van der Waals surface area contributed by atoms with Gasteiger partial charge in [-0.15, -0.1) is 0 Å². The Morgan fingerprint density at radius 2 is 1.93 bits per heavy atom. The number of ether oxygens (including phenoxy) is 1. The first-order chi connectivity index (χ1) is 6.99. The molecule has 3 nitrogen and oxygen atoms in total. The fraction of sp³-hybridized carbons (Fsp3) is 0.250. The Hall–Kier alpha value is -1.77. The van der Waals surface area contributed by atoms with E-state index in [2.05, 4.69) is 6.58 Å². The average Bonchev–Trinajstić information content (AvgIpc) is 2.21. The molecule has 80 valence electrons. The van der Waals surface area contributed by atoms with Crippen LogP contribution in [0.15, 0.2) is 18.7 Å². The molecule has 0 fully saturated rings. The second kappa shape index (κ2) is 4.17. The van der Waals surface area contributed by atoms with E-state index in [1.807, 2.05) is 13.8 Å². The third kappa shape index (κ3) is 2.01. The third-order valence-electron chi connectivity index (χ3n) is 2.54. The molecule has 0 aliphatic rings. The van der Waals surface area contributed by atoms with Crippen LogP contribution in [0.25, 0.3) is 5.57 Å². The summed E-state index contributed by atoms with van der Waals surface area (Å²) in [6.07, 6.45) is 0. The van der Waals surface area contributed by atoms with E-state index in [0.717, 1.165) is 16.9 Å². The van der Waals surface area contributed by atoms with Crippen LogP contribution in [0, 0.1) is 13.8 Å². The number of methoxy groups -OCH3 is 1. The molecule has 0 amide bonds. The van der Waals surface area contributed by atoms with Crippen molar-refractivity contribution in [2.24, 2.45) is 0 Å². The van der Waals surface area contributed by atoms with Gasteiger partial charge in [0.25, 0.3) is 0 Å². The summed E-state index contributed by atoms with van der Waals surface area (Å²) in [6.45, 7) is 7.30. The third-order valence-corrected chi connectivity index (χ3v) is 2.54. The molecule has 1 N–H and O–H groups in total. The van der Waals surface area contributed by atoms with Gasteiger partial charge in [-0.2, -0.15) is 0 Å². The smallest absolute Gasteiger partial charge is 0.335 e. The number of rotatable bonds is 3.